The van der Waals surface area contributed by atoms with Crippen LogP contribution in [-0.2, 0) is 9.84 Å². The van der Waals surface area contributed by atoms with Crippen LogP contribution in [0.5, 0.6) is 0 Å². The molecule has 1 saturated carbocycles. The summed E-state index contributed by atoms with van der Waals surface area (Å²) in [5, 5.41) is -0.310. The van der Waals surface area contributed by atoms with Gasteiger partial charge in [0.2, 0.25) is 0 Å². The normalized spacial score (nSPS) is 38.3. The maximum absolute atomic E-state index is 11.9. The minimum absolute atomic E-state index is 0.242. The van der Waals surface area contributed by atoms with E-state index in [-0.39, 0.29) is 11.4 Å². The van der Waals surface area contributed by atoms with Gasteiger partial charge >= 0.3 is 0 Å². The molecule has 4 unspecified atom stereocenters. The number of rotatable bonds is 3. The number of hydrogen-bond acceptors (Lipinski definition) is 5. The Balaban J connectivity index is 2.03. The van der Waals surface area contributed by atoms with E-state index in [1.54, 1.807) is 11.8 Å². The molecule has 0 aromatic carbocycles. The van der Waals surface area contributed by atoms with E-state index in [2.05, 4.69) is 11.8 Å². The molecule has 19 heavy (non-hydrogen) atoms. The topological polar surface area (TPSA) is 63.4 Å². The zero-order valence-corrected chi connectivity index (χ0v) is 13.5. The monoisotopic (exact) mass is 306 g/mol. The molecule has 2 rings (SSSR count). The fraction of sp³-hybridized carbons (Fsp3) is 1.00. The second-order valence-corrected chi connectivity index (χ2v) is 9.55. The smallest absolute Gasteiger partial charge is 0.164 e. The summed E-state index contributed by atoms with van der Waals surface area (Å²) in [4.78, 5) is 2.16. The number of hydrogen-bond donors (Lipinski definition) is 1. The second kappa shape index (κ2) is 6.33. The van der Waals surface area contributed by atoms with Crippen molar-refractivity contribution in [3.8, 4) is 0 Å². The van der Waals surface area contributed by atoms with Gasteiger partial charge in [-0.1, -0.05) is 6.92 Å². The molecule has 0 aromatic rings. The average Bonchev–Trinajstić information content (AvgIpc) is 2.33. The van der Waals surface area contributed by atoms with Crippen LogP contribution >= 0.6 is 11.8 Å². The summed E-state index contributed by atoms with van der Waals surface area (Å²) in [6, 6.07) is 0.242. The van der Waals surface area contributed by atoms with E-state index in [0.29, 0.717) is 11.7 Å². The molecule has 2 aliphatic rings. The number of sulfone groups is 1. The minimum atomic E-state index is -2.99. The van der Waals surface area contributed by atoms with Crippen LogP contribution in [0.25, 0.3) is 0 Å². The molecule has 1 aliphatic carbocycles. The molecular formula is C13H26N2O2S2. The van der Waals surface area contributed by atoms with Gasteiger partial charge < -0.3 is 5.73 Å². The van der Waals surface area contributed by atoms with Crippen molar-refractivity contribution in [1.29, 1.82) is 0 Å². The number of nitrogens with two attached hydrogens (primary N) is 1. The third-order valence-electron chi connectivity index (χ3n) is 4.46. The first-order valence-corrected chi connectivity index (χ1v) is 10.2. The van der Waals surface area contributed by atoms with Gasteiger partial charge in [0.15, 0.2) is 9.84 Å². The van der Waals surface area contributed by atoms with Crippen molar-refractivity contribution in [1.82, 2.24) is 4.90 Å². The fourth-order valence-electron chi connectivity index (χ4n) is 3.25. The van der Waals surface area contributed by atoms with Crippen LogP contribution in [0, 0.1) is 11.8 Å². The SMILES string of the molecule is CC1CCC(N)C(CN2CCSCC2S(C)(=O)=O)C1. The fourth-order valence-corrected chi connectivity index (χ4v) is 6.21. The Labute approximate surface area is 121 Å². The molecule has 2 N–H and O–H groups in total. The Kier molecular flexibility index (Phi) is 5.20. The molecule has 4 nitrogen and oxygen atoms in total. The lowest BCUT2D eigenvalue weighted by atomic mass is 9.79. The average molecular weight is 306 g/mol. The summed E-state index contributed by atoms with van der Waals surface area (Å²) in [5.41, 5.74) is 6.23. The Hall–Kier alpha value is 0.220. The summed E-state index contributed by atoms with van der Waals surface area (Å²) in [6.45, 7) is 4.00. The maximum Gasteiger partial charge on any atom is 0.164 e. The van der Waals surface area contributed by atoms with E-state index >= 15 is 0 Å². The molecule has 0 amide bonds. The molecule has 1 heterocycles. The maximum atomic E-state index is 11.9. The van der Waals surface area contributed by atoms with Crippen molar-refractivity contribution in [2.75, 3.05) is 30.9 Å². The van der Waals surface area contributed by atoms with Gasteiger partial charge in [-0.2, -0.15) is 11.8 Å². The summed E-state index contributed by atoms with van der Waals surface area (Å²) in [7, 11) is -2.99. The zero-order chi connectivity index (χ0) is 14.0. The zero-order valence-electron chi connectivity index (χ0n) is 11.9. The molecule has 0 radical (unpaired) electrons. The Bertz CT molecular complexity index is 399. The van der Waals surface area contributed by atoms with E-state index in [9.17, 15) is 8.42 Å². The molecule has 0 bridgehead atoms. The van der Waals surface area contributed by atoms with E-state index in [4.69, 9.17) is 5.73 Å². The third kappa shape index (κ3) is 4.09. The molecule has 0 aromatic heterocycles. The molecular weight excluding hydrogens is 280 g/mol. The minimum Gasteiger partial charge on any atom is -0.327 e. The molecule has 2 fully saturated rings. The van der Waals surface area contributed by atoms with Gasteiger partial charge in [0.05, 0.1) is 0 Å². The van der Waals surface area contributed by atoms with Gasteiger partial charge in [-0.05, 0) is 31.1 Å². The standard InChI is InChI=1S/C13H26N2O2S2/c1-10-3-4-12(14)11(7-10)8-15-5-6-18-9-13(15)19(2,16)17/h10-13H,3-9,14H2,1-2H3. The van der Waals surface area contributed by atoms with Crippen LogP contribution in [0.15, 0.2) is 0 Å². The Morgan fingerprint density at radius 2 is 2.11 bits per heavy atom. The van der Waals surface area contributed by atoms with E-state index in [1.165, 1.54) is 12.7 Å². The largest absolute Gasteiger partial charge is 0.327 e. The number of nitrogens with zero attached hydrogens (tertiary/aromatic N) is 1. The predicted octanol–water partition coefficient (Wildman–Crippen LogP) is 1.17. The van der Waals surface area contributed by atoms with E-state index in [1.807, 2.05) is 0 Å². The van der Waals surface area contributed by atoms with Gasteiger partial charge in [-0.25, -0.2) is 8.42 Å². The van der Waals surface area contributed by atoms with E-state index in [0.717, 1.165) is 37.6 Å². The molecule has 112 valence electrons. The third-order valence-corrected chi connectivity index (χ3v) is 7.14. The van der Waals surface area contributed by atoms with Crippen molar-refractivity contribution in [3.63, 3.8) is 0 Å². The molecule has 1 aliphatic heterocycles. The lowest BCUT2D eigenvalue weighted by molar-refractivity contribution is 0.159. The van der Waals surface area contributed by atoms with E-state index < -0.39 is 9.84 Å². The Morgan fingerprint density at radius 1 is 1.37 bits per heavy atom. The van der Waals surface area contributed by atoms with Crippen LogP contribution < -0.4 is 5.73 Å². The lowest BCUT2D eigenvalue weighted by Crippen LogP contribution is -2.51. The summed E-state index contributed by atoms with van der Waals surface area (Å²) >= 11 is 1.74. The van der Waals surface area contributed by atoms with Crippen molar-refractivity contribution in [2.24, 2.45) is 17.6 Å². The van der Waals surface area contributed by atoms with Gasteiger partial charge in [-0.15, -0.1) is 0 Å². The highest BCUT2D eigenvalue weighted by Gasteiger charge is 2.35. The van der Waals surface area contributed by atoms with Crippen LogP contribution in [0.2, 0.25) is 0 Å². The lowest BCUT2D eigenvalue weighted by Gasteiger charge is -2.40. The van der Waals surface area contributed by atoms with Crippen molar-refractivity contribution >= 4 is 21.6 Å². The quantitative estimate of drug-likeness (QED) is 0.848. The van der Waals surface area contributed by atoms with Gasteiger partial charge in [0.25, 0.3) is 0 Å². The predicted molar refractivity (Wildman–Crippen MR) is 82.0 cm³/mol. The van der Waals surface area contributed by atoms with Crippen molar-refractivity contribution < 1.29 is 8.42 Å². The van der Waals surface area contributed by atoms with Gasteiger partial charge in [0, 0.05) is 36.9 Å². The van der Waals surface area contributed by atoms with Gasteiger partial charge in [-0.3, -0.25) is 4.90 Å². The Morgan fingerprint density at radius 3 is 2.79 bits per heavy atom. The van der Waals surface area contributed by atoms with Crippen LogP contribution in [0.4, 0.5) is 0 Å². The highest BCUT2D eigenvalue weighted by Crippen LogP contribution is 2.30. The van der Waals surface area contributed by atoms with Crippen LogP contribution in [-0.4, -0.2) is 55.6 Å². The highest BCUT2D eigenvalue weighted by atomic mass is 32.2. The summed E-state index contributed by atoms with van der Waals surface area (Å²) in [5.74, 6) is 2.91. The van der Waals surface area contributed by atoms with Crippen molar-refractivity contribution in [3.05, 3.63) is 0 Å². The molecule has 4 atom stereocenters. The summed E-state index contributed by atoms with van der Waals surface area (Å²) < 4.78 is 23.8. The van der Waals surface area contributed by atoms with Gasteiger partial charge in [0.1, 0.15) is 5.37 Å². The highest BCUT2D eigenvalue weighted by molar-refractivity contribution is 8.00. The first-order valence-electron chi connectivity index (χ1n) is 7.14. The molecule has 6 heteroatoms. The number of thioether (sulfide) groups is 1. The first kappa shape index (κ1) is 15.6. The summed E-state index contributed by atoms with van der Waals surface area (Å²) in [6.07, 6.45) is 4.79. The first-order chi connectivity index (χ1) is 8.88. The van der Waals surface area contributed by atoms with Crippen LogP contribution in [0.1, 0.15) is 26.2 Å². The molecule has 0 spiro atoms. The van der Waals surface area contributed by atoms with Crippen LogP contribution in [0.3, 0.4) is 0 Å². The molecule has 1 saturated heterocycles. The second-order valence-electron chi connectivity index (χ2n) is 6.20. The van der Waals surface area contributed by atoms with Crippen molar-refractivity contribution in [2.45, 2.75) is 37.6 Å².